The number of carbonyl (C=O) groups is 5. The molecule has 0 bridgehead atoms. The van der Waals surface area contributed by atoms with Crippen LogP contribution in [-0.4, -0.2) is 115 Å². The molecule has 0 unspecified atom stereocenters. The molecule has 5 heterocycles. The molecule has 5 N–H and O–H groups in total. The second kappa shape index (κ2) is 23.9. The minimum atomic E-state index is -0.887. The molecular formula is C51H64ClN11O6S2. The van der Waals surface area contributed by atoms with Gasteiger partial charge in [0.25, 0.3) is 5.91 Å². The number of nitrogens with zero attached hydrogens (tertiary/aromatic N) is 7. The SMILES string of the molecule is Cc1nc(Nc2ncc(C(=O)Nc3c(C)cccc3Cl)s2)cc(N2CCN(C(=O)CCCCCCCC(=O)N[C@H](C(=O)N3C[C@H](O)C[C@H]3C(=O)NCc3ccc(-c4scnc4C)cc3)C(C)(C)C)CC2)n1. The summed E-state index contributed by atoms with van der Waals surface area (Å²) < 4.78 is 0. The maximum atomic E-state index is 14.0. The summed E-state index contributed by atoms with van der Waals surface area (Å²) in [5.41, 5.74) is 5.51. The summed E-state index contributed by atoms with van der Waals surface area (Å²) in [7, 11) is 0. The fourth-order valence-corrected chi connectivity index (χ4v) is 10.5. The number of β-amino-alcohol motifs (C(OH)–C–C–N with tert-alkyl or cyclic N) is 1. The molecule has 2 aliphatic heterocycles. The Kier molecular flexibility index (Phi) is 17.8. The maximum Gasteiger partial charge on any atom is 0.267 e. The van der Waals surface area contributed by atoms with Gasteiger partial charge in [-0.05, 0) is 61.8 Å². The predicted octanol–water partition coefficient (Wildman–Crippen LogP) is 7.82. The van der Waals surface area contributed by atoms with E-state index in [1.165, 1.54) is 22.4 Å². The first-order chi connectivity index (χ1) is 33.9. The number of anilines is 4. The number of aliphatic hydroxyl groups is 1. The van der Waals surface area contributed by atoms with Crippen molar-refractivity contribution >= 4 is 86.3 Å². The van der Waals surface area contributed by atoms with Crippen LogP contribution in [0.4, 0.5) is 22.5 Å². The van der Waals surface area contributed by atoms with Gasteiger partial charge >= 0.3 is 0 Å². The molecule has 2 saturated heterocycles. The highest BCUT2D eigenvalue weighted by Gasteiger charge is 2.44. The lowest BCUT2D eigenvalue weighted by Gasteiger charge is -2.35. The van der Waals surface area contributed by atoms with E-state index in [0.29, 0.717) is 71.4 Å². The monoisotopic (exact) mass is 1030 g/mol. The Bertz CT molecular complexity index is 2660. The van der Waals surface area contributed by atoms with Gasteiger partial charge in [-0.2, -0.15) is 0 Å². The van der Waals surface area contributed by atoms with Crippen molar-refractivity contribution in [1.82, 2.24) is 40.4 Å². The van der Waals surface area contributed by atoms with Gasteiger partial charge in [0.05, 0.1) is 39.1 Å². The number of aromatic nitrogens is 4. The second-order valence-corrected chi connectivity index (χ2v) is 21.6. The molecule has 2 fully saturated rings. The number of halogens is 1. The number of aryl methyl sites for hydroxylation is 3. The molecule has 2 aliphatic rings. The number of amides is 5. The molecular weight excluding hydrogens is 962 g/mol. The summed E-state index contributed by atoms with van der Waals surface area (Å²) in [5, 5.41) is 23.6. The predicted molar refractivity (Wildman–Crippen MR) is 279 cm³/mol. The zero-order valence-corrected chi connectivity index (χ0v) is 43.6. The van der Waals surface area contributed by atoms with Crippen molar-refractivity contribution in [1.29, 1.82) is 0 Å². The number of thiazole rings is 2. The lowest BCUT2D eigenvalue weighted by molar-refractivity contribution is -0.144. The summed E-state index contributed by atoms with van der Waals surface area (Å²) in [6.45, 7) is 14.0. The van der Waals surface area contributed by atoms with Crippen molar-refractivity contribution in [2.24, 2.45) is 5.41 Å². The number of nitrogens with one attached hydrogen (secondary N) is 4. The van der Waals surface area contributed by atoms with Crippen LogP contribution in [0.2, 0.25) is 5.02 Å². The quantitative estimate of drug-likeness (QED) is 0.0501. The third kappa shape index (κ3) is 14.1. The first kappa shape index (κ1) is 52.8. The smallest absolute Gasteiger partial charge is 0.267 e. The Morgan fingerprint density at radius 1 is 0.901 bits per heavy atom. The number of piperazine rings is 1. The summed E-state index contributed by atoms with van der Waals surface area (Å²) in [5.74, 6) is 0.692. The Labute approximate surface area is 428 Å². The number of hydrogen-bond acceptors (Lipinski definition) is 14. The van der Waals surface area contributed by atoms with Crippen LogP contribution in [0.1, 0.15) is 104 Å². The fraction of sp³-hybridized carbons (Fsp3) is 0.471. The maximum absolute atomic E-state index is 14.0. The van der Waals surface area contributed by atoms with E-state index in [4.69, 9.17) is 11.6 Å². The molecule has 3 aromatic heterocycles. The van der Waals surface area contributed by atoms with Crippen molar-refractivity contribution in [3.63, 3.8) is 0 Å². The van der Waals surface area contributed by atoms with Gasteiger partial charge in [0.15, 0.2) is 5.13 Å². The average molecular weight is 1030 g/mol. The van der Waals surface area contributed by atoms with E-state index in [-0.39, 0.29) is 55.5 Å². The van der Waals surface area contributed by atoms with E-state index in [9.17, 15) is 29.1 Å². The number of rotatable bonds is 19. The van der Waals surface area contributed by atoms with E-state index in [1.54, 1.807) is 17.4 Å². The van der Waals surface area contributed by atoms with Gasteiger partial charge in [0.1, 0.15) is 34.4 Å². The number of benzene rings is 2. The molecule has 0 aliphatic carbocycles. The van der Waals surface area contributed by atoms with Crippen molar-refractivity contribution in [2.45, 2.75) is 118 Å². The number of unbranched alkanes of at least 4 members (excludes halogenated alkanes) is 4. The number of para-hydroxylation sites is 1. The van der Waals surface area contributed by atoms with Crippen LogP contribution in [0.15, 0.2) is 60.2 Å². The molecule has 0 radical (unpaired) electrons. The van der Waals surface area contributed by atoms with Crippen LogP contribution < -0.4 is 26.2 Å². The van der Waals surface area contributed by atoms with Gasteiger partial charge in [-0.1, -0.05) is 99.4 Å². The topological polar surface area (TPSA) is 215 Å². The molecule has 378 valence electrons. The van der Waals surface area contributed by atoms with Crippen LogP contribution >= 0.6 is 34.3 Å². The van der Waals surface area contributed by atoms with Gasteiger partial charge in [0, 0.05) is 64.6 Å². The normalized spacial score (nSPS) is 16.4. The third-order valence-electron chi connectivity index (χ3n) is 12.7. The fourth-order valence-electron chi connectivity index (χ4n) is 8.74. The number of likely N-dealkylation sites (tertiary alicyclic amines) is 1. The van der Waals surface area contributed by atoms with Gasteiger partial charge < -0.3 is 41.1 Å². The van der Waals surface area contributed by atoms with Crippen molar-refractivity contribution in [2.75, 3.05) is 48.3 Å². The molecule has 0 saturated carbocycles. The summed E-state index contributed by atoms with van der Waals surface area (Å²) in [6.07, 6.45) is 5.39. The second-order valence-electron chi connectivity index (χ2n) is 19.3. The Morgan fingerprint density at radius 3 is 2.31 bits per heavy atom. The zero-order chi connectivity index (χ0) is 50.8. The first-order valence-corrected chi connectivity index (χ1v) is 26.2. The van der Waals surface area contributed by atoms with E-state index < -0.39 is 23.6 Å². The minimum Gasteiger partial charge on any atom is -0.391 e. The van der Waals surface area contributed by atoms with E-state index in [1.807, 2.05) is 94.4 Å². The first-order valence-electron chi connectivity index (χ1n) is 24.2. The van der Waals surface area contributed by atoms with Crippen molar-refractivity contribution < 1.29 is 29.1 Å². The molecule has 3 atom stereocenters. The highest BCUT2D eigenvalue weighted by atomic mass is 35.5. The Balaban J connectivity index is 0.790. The Morgan fingerprint density at radius 2 is 1.62 bits per heavy atom. The van der Waals surface area contributed by atoms with Crippen LogP contribution in [0.5, 0.6) is 0 Å². The zero-order valence-electron chi connectivity index (χ0n) is 41.2. The molecule has 5 aromatic rings. The van der Waals surface area contributed by atoms with Crippen LogP contribution in [0.25, 0.3) is 10.4 Å². The lowest BCUT2D eigenvalue weighted by atomic mass is 9.85. The molecule has 0 spiro atoms. The minimum absolute atomic E-state index is 0.0108. The van der Waals surface area contributed by atoms with E-state index >= 15 is 0 Å². The molecule has 2 aromatic carbocycles. The molecule has 17 nitrogen and oxygen atoms in total. The molecule has 20 heteroatoms. The highest BCUT2D eigenvalue weighted by Crippen LogP contribution is 2.31. The molecule has 5 amide bonds. The molecule has 7 rings (SSSR count). The number of aliphatic hydroxyl groups excluding tert-OH is 1. The van der Waals surface area contributed by atoms with Gasteiger partial charge in [-0.15, -0.1) is 11.3 Å². The van der Waals surface area contributed by atoms with Crippen molar-refractivity contribution in [3.8, 4) is 10.4 Å². The highest BCUT2D eigenvalue weighted by molar-refractivity contribution is 7.17. The summed E-state index contributed by atoms with van der Waals surface area (Å²) >= 11 is 9.08. The van der Waals surface area contributed by atoms with Gasteiger partial charge in [-0.25, -0.2) is 19.9 Å². The molecule has 71 heavy (non-hydrogen) atoms. The van der Waals surface area contributed by atoms with Crippen LogP contribution in [0.3, 0.4) is 0 Å². The lowest BCUT2D eigenvalue weighted by Crippen LogP contribution is -2.57. The van der Waals surface area contributed by atoms with Crippen molar-refractivity contribution in [3.05, 3.63) is 92.8 Å². The van der Waals surface area contributed by atoms with Gasteiger partial charge in [-0.3, -0.25) is 24.0 Å². The standard InChI is InChI=1S/C51H64ClN11O6S2/c1-31-13-12-14-37(52)44(31)60-48(68)39-28-54-50(71-39)58-40-26-41(57-33(3)56-40)61-21-23-62(24-22-61)43(66)16-11-9-7-8-10-15-42(65)59-46(51(4,5)6)49(69)63-29-36(64)25-38(63)47(67)53-27-34-17-19-35(20-18-34)45-32(2)55-30-70-45/h12-14,17-20,26,28,30,36,38,46,64H,7-11,15-16,21-25,27,29H2,1-6H3,(H,53,67)(H,59,65)(H,60,68)(H,54,56,57,58)/t36-,38+,46-/m1/s1. The average Bonchev–Trinajstić information content (AvgIpc) is 4.10. The van der Waals surface area contributed by atoms with Crippen LogP contribution in [-0.2, 0) is 25.7 Å². The number of carbonyl (C=O) groups excluding carboxylic acids is 5. The van der Waals surface area contributed by atoms with E-state index in [0.717, 1.165) is 58.8 Å². The van der Waals surface area contributed by atoms with Crippen LogP contribution in [0, 0.1) is 26.2 Å². The third-order valence-corrected chi connectivity index (χ3v) is 14.9. The number of hydrogen-bond donors (Lipinski definition) is 5. The van der Waals surface area contributed by atoms with E-state index in [2.05, 4.69) is 46.1 Å². The summed E-state index contributed by atoms with van der Waals surface area (Å²) in [4.78, 5) is 91.7. The Hall–Kier alpha value is -6.02. The summed E-state index contributed by atoms with van der Waals surface area (Å²) in [6, 6.07) is 13.4. The largest absolute Gasteiger partial charge is 0.391 e. The van der Waals surface area contributed by atoms with Gasteiger partial charge in [0.2, 0.25) is 23.6 Å².